The van der Waals surface area contributed by atoms with E-state index in [1.54, 1.807) is 29.6 Å². The van der Waals surface area contributed by atoms with Crippen molar-refractivity contribution in [3.05, 3.63) is 46.0 Å². The van der Waals surface area contributed by atoms with E-state index >= 15 is 0 Å². The first-order valence-electron chi connectivity index (χ1n) is 9.15. The molecule has 156 valence electrons. The zero-order valence-corrected chi connectivity index (χ0v) is 17.6. The number of fused-ring (bicyclic) bond motifs is 1. The molecule has 0 unspecified atom stereocenters. The Balaban J connectivity index is 1.39. The van der Waals surface area contributed by atoms with Gasteiger partial charge in [0.15, 0.2) is 22.4 Å². The molecule has 1 aliphatic rings. The lowest BCUT2D eigenvalue weighted by atomic mass is 10.1. The normalized spacial score (nSPS) is 12.5. The summed E-state index contributed by atoms with van der Waals surface area (Å²) in [7, 11) is 0. The Bertz CT molecular complexity index is 1090. The van der Waals surface area contributed by atoms with Crippen molar-refractivity contribution in [3.8, 4) is 23.0 Å². The number of ether oxygens (including phenoxy) is 2. The number of benzene rings is 1. The number of rotatable bonds is 6. The van der Waals surface area contributed by atoms with Gasteiger partial charge >= 0.3 is 0 Å². The van der Waals surface area contributed by atoms with Gasteiger partial charge in [0, 0.05) is 12.3 Å². The van der Waals surface area contributed by atoms with Gasteiger partial charge in [0.05, 0.1) is 18.0 Å². The van der Waals surface area contributed by atoms with Crippen LogP contribution in [0.15, 0.2) is 34.1 Å². The van der Waals surface area contributed by atoms with E-state index in [9.17, 15) is 9.59 Å². The fourth-order valence-electron chi connectivity index (χ4n) is 2.88. The highest BCUT2D eigenvalue weighted by atomic mass is 35.5. The summed E-state index contributed by atoms with van der Waals surface area (Å²) in [4.78, 5) is 27.8. The number of anilines is 1. The third-order valence-corrected chi connectivity index (χ3v) is 5.24. The molecule has 30 heavy (non-hydrogen) atoms. The minimum atomic E-state index is -0.227. The van der Waals surface area contributed by atoms with Crippen LogP contribution in [0.4, 0.5) is 5.13 Å². The van der Waals surface area contributed by atoms with Crippen LogP contribution in [0.1, 0.15) is 18.2 Å². The molecule has 2 aromatic heterocycles. The predicted octanol–water partition coefficient (Wildman–Crippen LogP) is 3.65. The molecule has 0 spiro atoms. The molecule has 1 aliphatic heterocycles. The first-order valence-corrected chi connectivity index (χ1v) is 10.4. The van der Waals surface area contributed by atoms with Crippen molar-refractivity contribution in [1.29, 1.82) is 0 Å². The number of hydrogen-bond donors (Lipinski definition) is 2. The molecule has 2 N–H and O–H groups in total. The van der Waals surface area contributed by atoms with Crippen LogP contribution < -0.4 is 20.1 Å². The lowest BCUT2D eigenvalue weighted by Crippen LogP contribution is -2.18. The number of carbonyl (C=O) groups is 2. The molecule has 10 heteroatoms. The largest absolute Gasteiger partial charge is 0.486 e. The standard InChI is InChI=1S/C20H18ClN3O5S/c1-11(25)22-9-13-2-3-16(29-13)15-10-30-20(23-15)24-18(26)8-12-6-14(21)19-17(7-12)27-4-5-28-19/h2-3,6-7,10H,4-5,8-9H2,1H3,(H,22,25)(H,23,24,26). The molecule has 4 rings (SSSR count). The first kappa shape index (κ1) is 20.2. The molecule has 3 aromatic rings. The number of halogens is 1. The van der Waals surface area contributed by atoms with Gasteiger partial charge in [-0.05, 0) is 29.8 Å². The van der Waals surface area contributed by atoms with Crippen LogP contribution in [0.5, 0.6) is 11.5 Å². The van der Waals surface area contributed by atoms with E-state index in [1.807, 2.05) is 0 Å². The summed E-state index contributed by atoms with van der Waals surface area (Å²) in [6, 6.07) is 7.00. The van der Waals surface area contributed by atoms with Gasteiger partial charge in [-0.3, -0.25) is 9.59 Å². The van der Waals surface area contributed by atoms with Gasteiger partial charge in [-0.15, -0.1) is 11.3 Å². The van der Waals surface area contributed by atoms with Crippen molar-refractivity contribution in [2.24, 2.45) is 0 Å². The average molecular weight is 448 g/mol. The van der Waals surface area contributed by atoms with E-state index < -0.39 is 0 Å². The fraction of sp³-hybridized carbons (Fsp3) is 0.250. The maximum atomic E-state index is 12.4. The second-order valence-corrected chi connectivity index (χ2v) is 7.81. The average Bonchev–Trinajstić information content (AvgIpc) is 3.35. The maximum Gasteiger partial charge on any atom is 0.230 e. The van der Waals surface area contributed by atoms with Crippen LogP contribution in [0, 0.1) is 0 Å². The van der Waals surface area contributed by atoms with Crippen molar-refractivity contribution >= 4 is 39.9 Å². The number of amides is 2. The third-order valence-electron chi connectivity index (χ3n) is 4.20. The molecule has 0 radical (unpaired) electrons. The van der Waals surface area contributed by atoms with Crippen LogP contribution in [0.2, 0.25) is 5.02 Å². The lowest BCUT2D eigenvalue weighted by molar-refractivity contribution is -0.119. The van der Waals surface area contributed by atoms with Crippen molar-refractivity contribution in [2.45, 2.75) is 19.9 Å². The summed E-state index contributed by atoms with van der Waals surface area (Å²) in [6.07, 6.45) is 0.118. The van der Waals surface area contributed by atoms with E-state index in [2.05, 4.69) is 15.6 Å². The topological polar surface area (TPSA) is 103 Å². The monoisotopic (exact) mass is 447 g/mol. The molecule has 2 amide bonds. The quantitative estimate of drug-likeness (QED) is 0.598. The number of aromatic nitrogens is 1. The van der Waals surface area contributed by atoms with E-state index in [0.717, 1.165) is 0 Å². The SMILES string of the molecule is CC(=O)NCc1ccc(-c2csc(NC(=O)Cc3cc(Cl)c4c(c3)OCCO4)n2)o1. The Labute approximate surface area is 181 Å². The highest BCUT2D eigenvalue weighted by Crippen LogP contribution is 2.38. The van der Waals surface area contributed by atoms with E-state index in [4.69, 9.17) is 25.5 Å². The van der Waals surface area contributed by atoms with Gasteiger partial charge in [0.1, 0.15) is 24.7 Å². The molecule has 0 aliphatic carbocycles. The van der Waals surface area contributed by atoms with E-state index in [-0.39, 0.29) is 18.2 Å². The summed E-state index contributed by atoms with van der Waals surface area (Å²) in [5.74, 6) is 1.87. The third kappa shape index (κ3) is 4.74. The molecule has 0 bridgehead atoms. The zero-order chi connectivity index (χ0) is 21.1. The lowest BCUT2D eigenvalue weighted by Gasteiger charge is -2.20. The molecular weight excluding hydrogens is 430 g/mol. The van der Waals surface area contributed by atoms with Crippen LogP contribution in [-0.4, -0.2) is 30.0 Å². The Morgan fingerprint density at radius 1 is 1.23 bits per heavy atom. The van der Waals surface area contributed by atoms with Gasteiger partial charge in [-0.2, -0.15) is 0 Å². The summed E-state index contributed by atoms with van der Waals surface area (Å²) in [5.41, 5.74) is 1.32. The van der Waals surface area contributed by atoms with Crippen LogP contribution in [0.25, 0.3) is 11.5 Å². The number of thiazole rings is 1. The second kappa shape index (κ2) is 8.76. The van der Waals surface area contributed by atoms with Gasteiger partial charge in [-0.25, -0.2) is 4.98 Å². The second-order valence-electron chi connectivity index (χ2n) is 6.54. The van der Waals surface area contributed by atoms with Crippen LogP contribution >= 0.6 is 22.9 Å². The van der Waals surface area contributed by atoms with Crippen molar-refractivity contribution in [2.75, 3.05) is 18.5 Å². The van der Waals surface area contributed by atoms with Gasteiger partial charge in [0.25, 0.3) is 0 Å². The van der Waals surface area contributed by atoms with Gasteiger partial charge < -0.3 is 24.5 Å². The molecular formula is C20H18ClN3O5S. The number of nitrogens with zero attached hydrogens (tertiary/aromatic N) is 1. The highest BCUT2D eigenvalue weighted by Gasteiger charge is 2.18. The molecule has 8 nitrogen and oxygen atoms in total. The fourth-order valence-corrected chi connectivity index (χ4v) is 3.89. The van der Waals surface area contributed by atoms with Crippen molar-refractivity contribution in [3.63, 3.8) is 0 Å². The highest BCUT2D eigenvalue weighted by molar-refractivity contribution is 7.14. The summed E-state index contributed by atoms with van der Waals surface area (Å²) < 4.78 is 16.7. The first-order chi connectivity index (χ1) is 14.5. The van der Waals surface area contributed by atoms with Crippen molar-refractivity contribution < 1.29 is 23.5 Å². The van der Waals surface area contributed by atoms with Crippen molar-refractivity contribution in [1.82, 2.24) is 10.3 Å². The number of carbonyl (C=O) groups excluding carboxylic acids is 2. The number of hydrogen-bond acceptors (Lipinski definition) is 7. The predicted molar refractivity (Wildman–Crippen MR) is 112 cm³/mol. The van der Waals surface area contributed by atoms with E-state index in [1.165, 1.54) is 18.3 Å². The molecule has 1 aromatic carbocycles. The zero-order valence-electron chi connectivity index (χ0n) is 16.0. The summed E-state index contributed by atoms with van der Waals surface area (Å²) in [6.45, 7) is 2.64. The molecule has 3 heterocycles. The number of nitrogens with one attached hydrogen (secondary N) is 2. The Morgan fingerprint density at radius 2 is 2.07 bits per heavy atom. The van der Waals surface area contributed by atoms with Gasteiger partial charge in [0.2, 0.25) is 11.8 Å². The van der Waals surface area contributed by atoms with E-state index in [0.29, 0.717) is 64.2 Å². The molecule has 0 fully saturated rings. The Hall–Kier alpha value is -3.04. The molecule has 0 saturated carbocycles. The minimum absolute atomic E-state index is 0.118. The van der Waals surface area contributed by atoms with Gasteiger partial charge in [-0.1, -0.05) is 11.6 Å². The van der Waals surface area contributed by atoms with Crippen LogP contribution in [0.3, 0.4) is 0 Å². The minimum Gasteiger partial charge on any atom is -0.486 e. The Kier molecular flexibility index (Phi) is 5.91. The van der Waals surface area contributed by atoms with Crippen LogP contribution in [-0.2, 0) is 22.6 Å². The summed E-state index contributed by atoms with van der Waals surface area (Å²) in [5, 5.41) is 8.11. The molecule has 0 atom stereocenters. The molecule has 0 saturated heterocycles. The maximum absolute atomic E-state index is 12.4. The smallest absolute Gasteiger partial charge is 0.230 e. The Morgan fingerprint density at radius 3 is 2.90 bits per heavy atom. The number of furan rings is 1. The summed E-state index contributed by atoms with van der Waals surface area (Å²) >= 11 is 7.52.